The predicted octanol–water partition coefficient (Wildman–Crippen LogP) is 3.61. The van der Waals surface area contributed by atoms with Crippen molar-refractivity contribution in [3.8, 4) is 0 Å². The SMILES string of the molecule is CC1=Cc2cc3c(cc2C1)CC(C)=C3. The van der Waals surface area contributed by atoms with Crippen molar-refractivity contribution < 1.29 is 0 Å². The highest BCUT2D eigenvalue weighted by Crippen LogP contribution is 2.32. The van der Waals surface area contributed by atoms with E-state index >= 15 is 0 Å². The minimum atomic E-state index is 1.15. The molecule has 0 heteroatoms. The Morgan fingerprint density at radius 3 is 1.79 bits per heavy atom. The van der Waals surface area contributed by atoms with Crippen molar-refractivity contribution in [3.05, 3.63) is 45.5 Å². The second kappa shape index (κ2) is 2.60. The summed E-state index contributed by atoms with van der Waals surface area (Å²) in [6, 6.07) is 4.74. The molecule has 0 bridgehead atoms. The monoisotopic (exact) mass is 182 g/mol. The lowest BCUT2D eigenvalue weighted by molar-refractivity contribution is 1.15. The summed E-state index contributed by atoms with van der Waals surface area (Å²) in [4.78, 5) is 0. The fraction of sp³-hybridized carbons (Fsp3) is 0.286. The van der Waals surface area contributed by atoms with Crippen LogP contribution in [0.5, 0.6) is 0 Å². The maximum Gasteiger partial charge on any atom is -0.00605 e. The van der Waals surface area contributed by atoms with Crippen LogP contribution in [0.15, 0.2) is 23.3 Å². The molecule has 0 saturated carbocycles. The molecular formula is C14H14. The molecule has 0 amide bonds. The van der Waals surface area contributed by atoms with Gasteiger partial charge in [0.1, 0.15) is 0 Å². The summed E-state index contributed by atoms with van der Waals surface area (Å²) in [5.74, 6) is 0. The van der Waals surface area contributed by atoms with Crippen molar-refractivity contribution in [1.82, 2.24) is 0 Å². The molecule has 0 unspecified atom stereocenters. The van der Waals surface area contributed by atoms with Gasteiger partial charge in [-0.3, -0.25) is 0 Å². The highest BCUT2D eigenvalue weighted by atomic mass is 14.2. The van der Waals surface area contributed by atoms with E-state index in [-0.39, 0.29) is 0 Å². The molecule has 0 spiro atoms. The average molecular weight is 182 g/mol. The van der Waals surface area contributed by atoms with Crippen molar-refractivity contribution in [1.29, 1.82) is 0 Å². The molecule has 0 fully saturated rings. The smallest absolute Gasteiger partial charge is 0.00605 e. The number of allylic oxidation sites excluding steroid dienone is 2. The quantitative estimate of drug-likeness (QED) is 0.575. The van der Waals surface area contributed by atoms with Crippen LogP contribution >= 0.6 is 0 Å². The summed E-state index contributed by atoms with van der Waals surface area (Å²) >= 11 is 0. The molecule has 70 valence electrons. The minimum absolute atomic E-state index is 1.15. The predicted molar refractivity (Wildman–Crippen MR) is 61.2 cm³/mol. The molecule has 0 aromatic heterocycles. The van der Waals surface area contributed by atoms with Crippen LogP contribution in [0.3, 0.4) is 0 Å². The van der Waals surface area contributed by atoms with Gasteiger partial charge in [0, 0.05) is 0 Å². The highest BCUT2D eigenvalue weighted by molar-refractivity contribution is 5.72. The molecule has 2 aliphatic rings. The lowest BCUT2D eigenvalue weighted by Crippen LogP contribution is -1.89. The van der Waals surface area contributed by atoms with Gasteiger partial charge in [-0.25, -0.2) is 0 Å². The molecule has 0 N–H and O–H groups in total. The van der Waals surface area contributed by atoms with Gasteiger partial charge in [0.05, 0.1) is 0 Å². The zero-order chi connectivity index (χ0) is 9.71. The van der Waals surface area contributed by atoms with E-state index in [0.29, 0.717) is 0 Å². The summed E-state index contributed by atoms with van der Waals surface area (Å²) in [7, 11) is 0. The maximum absolute atomic E-state index is 2.39. The molecule has 1 aromatic rings. The first-order chi connectivity index (χ1) is 6.72. The Balaban J connectivity index is 2.16. The van der Waals surface area contributed by atoms with Crippen molar-refractivity contribution in [3.63, 3.8) is 0 Å². The summed E-state index contributed by atoms with van der Waals surface area (Å²) < 4.78 is 0. The lowest BCUT2D eigenvalue weighted by atomic mass is 10.0. The van der Waals surface area contributed by atoms with Gasteiger partial charge in [-0.1, -0.05) is 29.4 Å². The summed E-state index contributed by atoms with van der Waals surface area (Å²) in [6.45, 7) is 4.43. The van der Waals surface area contributed by atoms with E-state index in [1.165, 1.54) is 33.4 Å². The third kappa shape index (κ3) is 1.07. The van der Waals surface area contributed by atoms with E-state index in [2.05, 4.69) is 38.1 Å². The zero-order valence-corrected chi connectivity index (χ0v) is 8.72. The Morgan fingerprint density at radius 1 is 0.786 bits per heavy atom. The van der Waals surface area contributed by atoms with Crippen LogP contribution in [0.1, 0.15) is 36.1 Å². The van der Waals surface area contributed by atoms with E-state index < -0.39 is 0 Å². The van der Waals surface area contributed by atoms with Gasteiger partial charge in [-0.05, 0) is 55.0 Å². The largest absolute Gasteiger partial charge is 0.0683 e. The number of benzene rings is 1. The number of hydrogen-bond donors (Lipinski definition) is 0. The van der Waals surface area contributed by atoms with Gasteiger partial charge in [-0.15, -0.1) is 0 Å². The molecule has 14 heavy (non-hydrogen) atoms. The lowest BCUT2D eigenvalue weighted by Gasteiger charge is -2.03. The van der Waals surface area contributed by atoms with E-state index in [9.17, 15) is 0 Å². The van der Waals surface area contributed by atoms with E-state index in [4.69, 9.17) is 0 Å². The van der Waals surface area contributed by atoms with Crippen LogP contribution < -0.4 is 0 Å². The molecule has 0 saturated heterocycles. The Kier molecular flexibility index (Phi) is 1.49. The fourth-order valence-corrected chi connectivity index (χ4v) is 2.54. The number of fused-ring (bicyclic) bond motifs is 2. The minimum Gasteiger partial charge on any atom is -0.0683 e. The van der Waals surface area contributed by atoms with Crippen LogP contribution in [0.4, 0.5) is 0 Å². The van der Waals surface area contributed by atoms with Gasteiger partial charge < -0.3 is 0 Å². The van der Waals surface area contributed by atoms with Crippen LogP contribution in [-0.2, 0) is 12.8 Å². The molecule has 0 heterocycles. The van der Waals surface area contributed by atoms with E-state index in [0.717, 1.165) is 12.8 Å². The van der Waals surface area contributed by atoms with Crippen LogP contribution in [0.2, 0.25) is 0 Å². The Bertz CT molecular complexity index is 432. The maximum atomic E-state index is 2.39. The van der Waals surface area contributed by atoms with Gasteiger partial charge in [0.15, 0.2) is 0 Å². The van der Waals surface area contributed by atoms with Crippen molar-refractivity contribution in [2.24, 2.45) is 0 Å². The molecule has 2 aliphatic carbocycles. The van der Waals surface area contributed by atoms with Crippen molar-refractivity contribution >= 4 is 12.2 Å². The molecule has 0 aliphatic heterocycles. The zero-order valence-electron chi connectivity index (χ0n) is 8.72. The summed E-state index contributed by atoms with van der Waals surface area (Å²) in [5.41, 5.74) is 8.89. The molecule has 0 atom stereocenters. The fourth-order valence-electron chi connectivity index (χ4n) is 2.54. The third-order valence-electron chi connectivity index (χ3n) is 3.14. The first kappa shape index (κ1) is 8.05. The van der Waals surface area contributed by atoms with E-state index in [1.807, 2.05) is 0 Å². The Labute approximate surface area is 85.0 Å². The normalized spacial score (nSPS) is 17.6. The summed E-state index contributed by atoms with van der Waals surface area (Å²) in [5, 5.41) is 0. The third-order valence-corrected chi connectivity index (χ3v) is 3.14. The van der Waals surface area contributed by atoms with Gasteiger partial charge in [0.25, 0.3) is 0 Å². The topological polar surface area (TPSA) is 0 Å². The highest BCUT2D eigenvalue weighted by Gasteiger charge is 2.16. The van der Waals surface area contributed by atoms with Crippen LogP contribution in [0.25, 0.3) is 12.2 Å². The van der Waals surface area contributed by atoms with Gasteiger partial charge in [0.2, 0.25) is 0 Å². The molecule has 0 radical (unpaired) electrons. The second-order valence-electron chi connectivity index (χ2n) is 4.58. The van der Waals surface area contributed by atoms with Crippen molar-refractivity contribution in [2.75, 3.05) is 0 Å². The number of hydrogen-bond acceptors (Lipinski definition) is 0. The molecule has 3 rings (SSSR count). The molecule has 1 aromatic carbocycles. The van der Waals surface area contributed by atoms with Crippen LogP contribution in [0, 0.1) is 0 Å². The van der Waals surface area contributed by atoms with E-state index in [1.54, 1.807) is 0 Å². The Morgan fingerprint density at radius 2 is 1.29 bits per heavy atom. The molecular weight excluding hydrogens is 168 g/mol. The first-order valence-corrected chi connectivity index (χ1v) is 5.22. The van der Waals surface area contributed by atoms with Gasteiger partial charge in [-0.2, -0.15) is 0 Å². The van der Waals surface area contributed by atoms with Gasteiger partial charge >= 0.3 is 0 Å². The number of rotatable bonds is 0. The standard InChI is InChI=1S/C14H14/c1-9-3-11-7-13-5-10(2)6-14(13)8-12(11)4-9/h3,5,7-8H,4,6H2,1-2H3. The molecule has 0 nitrogen and oxygen atoms in total. The van der Waals surface area contributed by atoms with Crippen LogP contribution in [-0.4, -0.2) is 0 Å². The summed E-state index contributed by atoms with van der Waals surface area (Å²) in [6.07, 6.45) is 6.94. The average Bonchev–Trinajstić information content (AvgIpc) is 2.59. The second-order valence-corrected chi connectivity index (χ2v) is 4.58. The first-order valence-electron chi connectivity index (χ1n) is 5.22. The Hall–Kier alpha value is -1.30. The van der Waals surface area contributed by atoms with Crippen molar-refractivity contribution in [2.45, 2.75) is 26.7 Å².